The van der Waals surface area contributed by atoms with Gasteiger partial charge < -0.3 is 10.6 Å². The highest BCUT2D eigenvalue weighted by Crippen LogP contribution is 2.36. The van der Waals surface area contributed by atoms with Crippen LogP contribution in [0.25, 0.3) is 0 Å². The van der Waals surface area contributed by atoms with Crippen molar-refractivity contribution in [2.24, 2.45) is 5.41 Å². The summed E-state index contributed by atoms with van der Waals surface area (Å²) in [5.41, 5.74) is 3.29. The molecule has 1 aromatic carbocycles. The van der Waals surface area contributed by atoms with Crippen LogP contribution in [0, 0.1) is 12.3 Å². The Morgan fingerprint density at radius 1 is 1.40 bits per heavy atom. The van der Waals surface area contributed by atoms with Gasteiger partial charge in [0.25, 0.3) is 5.91 Å². The first kappa shape index (κ1) is 15.2. The topological polar surface area (TPSA) is 41.1 Å². The first-order valence-corrected chi connectivity index (χ1v) is 8.26. The van der Waals surface area contributed by atoms with E-state index in [1.165, 1.54) is 12.2 Å². The molecule has 0 aromatic heterocycles. The number of carbonyl (C=O) groups excluding carboxylic acids is 1. The fraction of sp³-hybridized carbons (Fsp3) is 0.562. The fourth-order valence-corrected chi connectivity index (χ4v) is 4.08. The Labute approximate surface area is 125 Å². The molecular formula is C16H24N2OS. The molecule has 1 heterocycles. The molecular weight excluding hydrogens is 268 g/mol. The zero-order valence-corrected chi connectivity index (χ0v) is 13.6. The third-order valence-electron chi connectivity index (χ3n) is 4.16. The Morgan fingerprint density at radius 3 is 2.75 bits per heavy atom. The van der Waals surface area contributed by atoms with Crippen molar-refractivity contribution < 1.29 is 4.79 Å². The highest BCUT2D eigenvalue weighted by atomic mass is 32.2. The van der Waals surface area contributed by atoms with Gasteiger partial charge >= 0.3 is 0 Å². The van der Waals surface area contributed by atoms with Crippen molar-refractivity contribution in [1.82, 2.24) is 5.32 Å². The summed E-state index contributed by atoms with van der Waals surface area (Å²) in [6.45, 7) is 6.72. The number of carbonyl (C=O) groups is 1. The standard InChI is InChI=1S/C16H24N2OS/c1-11-9-12(15(19)17-4)5-6-13(11)18-14-10-20-8-7-16(14,2)3/h5-6,9,14,18H,7-8,10H2,1-4H3,(H,17,19). The van der Waals surface area contributed by atoms with E-state index in [0.717, 1.165) is 17.0 Å². The van der Waals surface area contributed by atoms with E-state index in [-0.39, 0.29) is 5.91 Å². The molecule has 1 unspecified atom stereocenters. The van der Waals surface area contributed by atoms with Crippen LogP contribution in [0.1, 0.15) is 36.2 Å². The van der Waals surface area contributed by atoms with E-state index < -0.39 is 0 Å². The molecule has 20 heavy (non-hydrogen) atoms. The third kappa shape index (κ3) is 3.29. The molecule has 0 radical (unpaired) electrons. The van der Waals surface area contributed by atoms with Crippen molar-refractivity contribution in [2.45, 2.75) is 33.2 Å². The summed E-state index contributed by atoms with van der Waals surface area (Å²) in [6, 6.07) is 6.34. The van der Waals surface area contributed by atoms with E-state index in [9.17, 15) is 4.79 Å². The van der Waals surface area contributed by atoms with E-state index in [2.05, 4.69) is 31.4 Å². The maximum atomic E-state index is 11.6. The van der Waals surface area contributed by atoms with Gasteiger partial charge in [0.15, 0.2) is 0 Å². The summed E-state index contributed by atoms with van der Waals surface area (Å²) >= 11 is 2.02. The third-order valence-corrected chi connectivity index (χ3v) is 5.23. The summed E-state index contributed by atoms with van der Waals surface area (Å²) in [5.74, 6) is 2.36. The van der Waals surface area contributed by atoms with Gasteiger partial charge in [-0.2, -0.15) is 11.8 Å². The van der Waals surface area contributed by atoms with E-state index in [4.69, 9.17) is 0 Å². The minimum atomic E-state index is -0.0341. The lowest BCUT2D eigenvalue weighted by Crippen LogP contribution is -2.41. The van der Waals surface area contributed by atoms with Crippen molar-refractivity contribution in [3.05, 3.63) is 29.3 Å². The Morgan fingerprint density at radius 2 is 2.15 bits per heavy atom. The highest BCUT2D eigenvalue weighted by molar-refractivity contribution is 7.99. The first-order valence-electron chi connectivity index (χ1n) is 7.11. The molecule has 2 N–H and O–H groups in total. The molecule has 1 saturated heterocycles. The van der Waals surface area contributed by atoms with Crippen LogP contribution in [0.4, 0.5) is 5.69 Å². The number of anilines is 1. The molecule has 0 saturated carbocycles. The number of amides is 1. The smallest absolute Gasteiger partial charge is 0.251 e. The van der Waals surface area contributed by atoms with Crippen molar-refractivity contribution in [2.75, 3.05) is 23.9 Å². The lowest BCUT2D eigenvalue weighted by atomic mass is 9.82. The molecule has 3 nitrogen and oxygen atoms in total. The van der Waals surface area contributed by atoms with Gasteiger partial charge in [-0.05, 0) is 48.3 Å². The van der Waals surface area contributed by atoms with Crippen LogP contribution >= 0.6 is 11.8 Å². The molecule has 1 aliphatic heterocycles. The number of hydrogen-bond donors (Lipinski definition) is 2. The Hall–Kier alpha value is -1.16. The molecule has 0 spiro atoms. The SMILES string of the molecule is CNC(=O)c1ccc(NC2CSCCC2(C)C)c(C)c1. The van der Waals surface area contributed by atoms with Crippen molar-refractivity contribution >= 4 is 23.4 Å². The van der Waals surface area contributed by atoms with Gasteiger partial charge in [-0.25, -0.2) is 0 Å². The number of nitrogens with one attached hydrogen (secondary N) is 2. The van der Waals surface area contributed by atoms with Crippen LogP contribution in [0.15, 0.2) is 18.2 Å². The van der Waals surface area contributed by atoms with Crippen LogP contribution in [-0.4, -0.2) is 30.5 Å². The van der Waals surface area contributed by atoms with Gasteiger partial charge in [0.1, 0.15) is 0 Å². The van der Waals surface area contributed by atoms with Crippen molar-refractivity contribution in [1.29, 1.82) is 0 Å². The molecule has 1 aliphatic rings. The second-order valence-electron chi connectivity index (χ2n) is 6.12. The fourth-order valence-electron chi connectivity index (χ4n) is 2.47. The minimum absolute atomic E-state index is 0.0341. The molecule has 1 fully saturated rings. The lowest BCUT2D eigenvalue weighted by Gasteiger charge is -2.39. The molecule has 1 amide bonds. The first-order chi connectivity index (χ1) is 9.44. The van der Waals surface area contributed by atoms with E-state index in [1.807, 2.05) is 30.0 Å². The number of aryl methyl sites for hydroxylation is 1. The maximum Gasteiger partial charge on any atom is 0.251 e. The summed E-state index contributed by atoms with van der Waals surface area (Å²) in [5, 5.41) is 6.33. The highest BCUT2D eigenvalue weighted by Gasteiger charge is 2.32. The Balaban J connectivity index is 2.15. The largest absolute Gasteiger partial charge is 0.381 e. The normalized spacial score (nSPS) is 21.3. The van der Waals surface area contributed by atoms with E-state index in [1.54, 1.807) is 7.05 Å². The molecule has 0 aliphatic carbocycles. The van der Waals surface area contributed by atoms with Crippen LogP contribution < -0.4 is 10.6 Å². The number of thioether (sulfide) groups is 1. The summed E-state index contributed by atoms with van der Waals surface area (Å²) in [6.07, 6.45) is 1.24. The van der Waals surface area contributed by atoms with Gasteiger partial charge in [-0.15, -0.1) is 0 Å². The summed E-state index contributed by atoms with van der Waals surface area (Å²) in [7, 11) is 1.66. The predicted octanol–water partition coefficient (Wildman–Crippen LogP) is 3.30. The summed E-state index contributed by atoms with van der Waals surface area (Å²) in [4.78, 5) is 11.6. The molecule has 0 bridgehead atoms. The van der Waals surface area contributed by atoms with Gasteiger partial charge in [0.05, 0.1) is 0 Å². The molecule has 2 rings (SSSR count). The maximum absolute atomic E-state index is 11.6. The second-order valence-corrected chi connectivity index (χ2v) is 7.27. The predicted molar refractivity (Wildman–Crippen MR) is 87.7 cm³/mol. The Kier molecular flexibility index (Phi) is 4.63. The zero-order chi connectivity index (χ0) is 14.8. The van der Waals surface area contributed by atoms with Crippen LogP contribution in [0.3, 0.4) is 0 Å². The number of benzene rings is 1. The average Bonchev–Trinajstić information content (AvgIpc) is 2.42. The van der Waals surface area contributed by atoms with Gasteiger partial charge in [-0.3, -0.25) is 4.79 Å². The van der Waals surface area contributed by atoms with Crippen LogP contribution in [0.2, 0.25) is 0 Å². The van der Waals surface area contributed by atoms with Crippen LogP contribution in [0.5, 0.6) is 0 Å². The van der Waals surface area contributed by atoms with E-state index >= 15 is 0 Å². The molecule has 110 valence electrons. The number of rotatable bonds is 3. The molecule has 1 aromatic rings. The number of hydrogen-bond acceptors (Lipinski definition) is 3. The molecule has 1 atom stereocenters. The van der Waals surface area contributed by atoms with Gasteiger partial charge in [0.2, 0.25) is 0 Å². The minimum Gasteiger partial charge on any atom is -0.381 e. The van der Waals surface area contributed by atoms with E-state index in [0.29, 0.717) is 17.0 Å². The summed E-state index contributed by atoms with van der Waals surface area (Å²) < 4.78 is 0. The van der Waals surface area contributed by atoms with Crippen molar-refractivity contribution in [3.8, 4) is 0 Å². The second kappa shape index (κ2) is 6.08. The van der Waals surface area contributed by atoms with Crippen LogP contribution in [-0.2, 0) is 0 Å². The zero-order valence-electron chi connectivity index (χ0n) is 12.7. The monoisotopic (exact) mass is 292 g/mol. The molecule has 4 heteroatoms. The van der Waals surface area contributed by atoms with Gasteiger partial charge in [0, 0.05) is 30.1 Å². The van der Waals surface area contributed by atoms with Crippen molar-refractivity contribution in [3.63, 3.8) is 0 Å². The van der Waals surface area contributed by atoms with Gasteiger partial charge in [-0.1, -0.05) is 13.8 Å². The Bertz CT molecular complexity index is 499. The average molecular weight is 292 g/mol. The lowest BCUT2D eigenvalue weighted by molar-refractivity contribution is 0.0963. The quantitative estimate of drug-likeness (QED) is 0.898.